The van der Waals surface area contributed by atoms with Crippen molar-refractivity contribution in [1.82, 2.24) is 9.88 Å². The molecule has 0 spiro atoms. The molecule has 150 valence electrons. The van der Waals surface area contributed by atoms with Gasteiger partial charge in [0.1, 0.15) is 5.69 Å². The average molecular weight is 401 g/mol. The van der Waals surface area contributed by atoms with Crippen LogP contribution in [0.4, 0.5) is 0 Å². The minimum Gasteiger partial charge on any atom is -0.337 e. The number of benzene rings is 1. The molecule has 6 heteroatoms. The van der Waals surface area contributed by atoms with Crippen LogP contribution in [-0.4, -0.2) is 37.3 Å². The van der Waals surface area contributed by atoms with Crippen molar-refractivity contribution in [3.8, 4) is 0 Å². The van der Waals surface area contributed by atoms with Gasteiger partial charge in [0.05, 0.1) is 16.3 Å². The van der Waals surface area contributed by atoms with Crippen LogP contribution in [0.2, 0.25) is 0 Å². The van der Waals surface area contributed by atoms with Gasteiger partial charge in [-0.3, -0.25) is 4.79 Å². The first-order valence-corrected chi connectivity index (χ1v) is 11.6. The van der Waals surface area contributed by atoms with E-state index in [1.54, 1.807) is 44.2 Å². The van der Waals surface area contributed by atoms with Gasteiger partial charge in [-0.15, -0.1) is 0 Å². The normalized spacial score (nSPS) is 15.7. The van der Waals surface area contributed by atoms with Gasteiger partial charge in [0.2, 0.25) is 0 Å². The van der Waals surface area contributed by atoms with Crippen LogP contribution in [0.1, 0.15) is 59.4 Å². The fourth-order valence-corrected chi connectivity index (χ4v) is 5.66. The zero-order chi connectivity index (χ0) is 20.1. The van der Waals surface area contributed by atoms with E-state index >= 15 is 0 Å². The van der Waals surface area contributed by atoms with Gasteiger partial charge in [-0.1, -0.05) is 43.5 Å². The van der Waals surface area contributed by atoms with E-state index in [4.69, 9.17) is 0 Å². The first-order chi connectivity index (χ1) is 13.4. The predicted octanol–water partition coefficient (Wildman–Crippen LogP) is 4.08. The molecular formula is C22H28N2O3S. The molecule has 1 saturated heterocycles. The maximum atomic E-state index is 13.0. The van der Waals surface area contributed by atoms with Crippen LogP contribution in [0.3, 0.4) is 0 Å². The standard InChI is InChI=1S/C22H28N2O3S/c1-17-10-8-11-18(2)21(17)28(26,27)16-19-12-9-13-20(23-19)22(25)24-14-6-4-3-5-7-15-24/h8-13H,3-7,14-16H2,1-2H3. The number of aromatic nitrogens is 1. The van der Waals surface area contributed by atoms with E-state index in [1.165, 1.54) is 6.42 Å². The summed E-state index contributed by atoms with van der Waals surface area (Å²) in [6.07, 6.45) is 5.53. The molecule has 5 nitrogen and oxygen atoms in total. The Morgan fingerprint density at radius 2 is 1.50 bits per heavy atom. The molecule has 2 heterocycles. The van der Waals surface area contributed by atoms with Gasteiger partial charge >= 0.3 is 0 Å². The Hall–Kier alpha value is -2.21. The minimum atomic E-state index is -3.54. The summed E-state index contributed by atoms with van der Waals surface area (Å²) in [5.74, 6) is -0.312. The smallest absolute Gasteiger partial charge is 0.272 e. The Balaban J connectivity index is 1.82. The highest BCUT2D eigenvalue weighted by atomic mass is 32.2. The first kappa shape index (κ1) is 20.5. The van der Waals surface area contributed by atoms with Crippen LogP contribution in [0.15, 0.2) is 41.3 Å². The third-order valence-electron chi connectivity index (χ3n) is 5.23. The molecule has 0 unspecified atom stereocenters. The highest BCUT2D eigenvalue weighted by Crippen LogP contribution is 2.23. The van der Waals surface area contributed by atoms with Crippen LogP contribution >= 0.6 is 0 Å². The number of nitrogens with zero attached hydrogens (tertiary/aromatic N) is 2. The lowest BCUT2D eigenvalue weighted by atomic mass is 10.1. The summed E-state index contributed by atoms with van der Waals surface area (Å²) < 4.78 is 25.9. The summed E-state index contributed by atoms with van der Waals surface area (Å²) in [4.78, 5) is 19.5. The second-order valence-corrected chi connectivity index (χ2v) is 9.48. The summed E-state index contributed by atoms with van der Waals surface area (Å²) in [5, 5.41) is 0. The molecule has 1 aliphatic heterocycles. The molecule has 0 atom stereocenters. The molecule has 2 aromatic rings. The molecule has 1 aromatic heterocycles. The van der Waals surface area contributed by atoms with Crippen molar-refractivity contribution in [3.05, 3.63) is 58.9 Å². The Labute approximate surface area is 167 Å². The number of carbonyl (C=O) groups excluding carboxylic acids is 1. The van der Waals surface area contributed by atoms with Crippen molar-refractivity contribution >= 4 is 15.7 Å². The van der Waals surface area contributed by atoms with Crippen molar-refractivity contribution < 1.29 is 13.2 Å². The molecule has 0 bridgehead atoms. The van der Waals surface area contributed by atoms with E-state index < -0.39 is 9.84 Å². The van der Waals surface area contributed by atoms with E-state index in [2.05, 4.69) is 4.98 Å². The lowest BCUT2D eigenvalue weighted by Crippen LogP contribution is -2.34. The van der Waals surface area contributed by atoms with Crippen molar-refractivity contribution in [2.45, 2.75) is 56.6 Å². The number of amides is 1. The van der Waals surface area contributed by atoms with Gasteiger partial charge < -0.3 is 4.90 Å². The van der Waals surface area contributed by atoms with Crippen LogP contribution < -0.4 is 0 Å². The lowest BCUT2D eigenvalue weighted by molar-refractivity contribution is 0.0736. The van der Waals surface area contributed by atoms with Crippen molar-refractivity contribution in [1.29, 1.82) is 0 Å². The fraction of sp³-hybridized carbons (Fsp3) is 0.455. The third kappa shape index (κ3) is 4.79. The Bertz CT molecular complexity index is 926. The van der Waals surface area contributed by atoms with E-state index in [-0.39, 0.29) is 11.7 Å². The molecular weight excluding hydrogens is 372 g/mol. The average Bonchev–Trinajstić information content (AvgIpc) is 2.60. The number of hydrogen-bond acceptors (Lipinski definition) is 4. The van der Waals surface area contributed by atoms with E-state index in [0.29, 0.717) is 16.3 Å². The highest BCUT2D eigenvalue weighted by molar-refractivity contribution is 7.90. The largest absolute Gasteiger partial charge is 0.337 e. The van der Waals surface area contributed by atoms with Gasteiger partial charge in [-0.2, -0.15) is 0 Å². The zero-order valence-corrected chi connectivity index (χ0v) is 17.5. The SMILES string of the molecule is Cc1cccc(C)c1S(=O)(=O)Cc1cccc(C(=O)N2CCCCCCC2)n1. The first-order valence-electron chi connectivity index (χ1n) is 9.93. The number of aryl methyl sites for hydroxylation is 2. The number of carbonyl (C=O) groups is 1. The summed E-state index contributed by atoms with van der Waals surface area (Å²) in [6.45, 7) is 5.08. The van der Waals surface area contributed by atoms with Crippen LogP contribution in [0.25, 0.3) is 0 Å². The summed E-state index contributed by atoms with van der Waals surface area (Å²) in [6, 6.07) is 10.5. The molecule has 1 fully saturated rings. The second-order valence-electron chi connectivity index (χ2n) is 7.55. The zero-order valence-electron chi connectivity index (χ0n) is 16.6. The minimum absolute atomic E-state index is 0.103. The maximum absolute atomic E-state index is 13.0. The quantitative estimate of drug-likeness (QED) is 0.776. The number of hydrogen-bond donors (Lipinski definition) is 0. The Morgan fingerprint density at radius 1 is 0.929 bits per heavy atom. The van der Waals surface area contributed by atoms with Gasteiger partial charge in [-0.05, 0) is 49.9 Å². The van der Waals surface area contributed by atoms with Crippen molar-refractivity contribution in [2.24, 2.45) is 0 Å². The number of likely N-dealkylation sites (tertiary alicyclic amines) is 1. The highest BCUT2D eigenvalue weighted by Gasteiger charge is 2.22. The second kappa shape index (κ2) is 8.86. The van der Waals surface area contributed by atoms with Crippen molar-refractivity contribution in [2.75, 3.05) is 13.1 Å². The third-order valence-corrected chi connectivity index (χ3v) is 7.17. The summed E-state index contributed by atoms with van der Waals surface area (Å²) in [5.41, 5.74) is 2.19. The van der Waals surface area contributed by atoms with Crippen LogP contribution in [0, 0.1) is 13.8 Å². The number of sulfone groups is 1. The molecule has 1 aliphatic rings. The predicted molar refractivity (Wildman–Crippen MR) is 110 cm³/mol. The van der Waals surface area contributed by atoms with Crippen molar-refractivity contribution in [3.63, 3.8) is 0 Å². The Kier molecular flexibility index (Phi) is 6.50. The van der Waals surface area contributed by atoms with Gasteiger partial charge in [0.15, 0.2) is 9.84 Å². The maximum Gasteiger partial charge on any atom is 0.272 e. The molecule has 0 saturated carbocycles. The summed E-state index contributed by atoms with van der Waals surface area (Å²) in [7, 11) is -3.54. The number of pyridine rings is 1. The fourth-order valence-electron chi connectivity index (χ4n) is 3.85. The van der Waals surface area contributed by atoms with E-state index in [9.17, 15) is 13.2 Å². The van der Waals surface area contributed by atoms with Crippen LogP contribution in [-0.2, 0) is 15.6 Å². The van der Waals surface area contributed by atoms with E-state index in [0.717, 1.165) is 49.9 Å². The van der Waals surface area contributed by atoms with Gasteiger partial charge in [0.25, 0.3) is 5.91 Å². The molecule has 1 amide bonds. The molecule has 0 radical (unpaired) electrons. The van der Waals surface area contributed by atoms with E-state index in [1.807, 2.05) is 11.0 Å². The van der Waals surface area contributed by atoms with Crippen LogP contribution in [0.5, 0.6) is 0 Å². The molecule has 3 rings (SSSR count). The van der Waals surface area contributed by atoms with Gasteiger partial charge in [0, 0.05) is 13.1 Å². The van der Waals surface area contributed by atoms with Gasteiger partial charge in [-0.25, -0.2) is 13.4 Å². The lowest BCUT2D eigenvalue weighted by Gasteiger charge is -2.24. The molecule has 1 aromatic carbocycles. The summed E-state index contributed by atoms with van der Waals surface area (Å²) >= 11 is 0. The monoisotopic (exact) mass is 400 g/mol. The number of rotatable bonds is 4. The molecule has 0 N–H and O–H groups in total. The molecule has 28 heavy (non-hydrogen) atoms. The topological polar surface area (TPSA) is 67.3 Å². The Morgan fingerprint density at radius 3 is 2.14 bits per heavy atom. The molecule has 0 aliphatic carbocycles.